The van der Waals surface area contributed by atoms with Gasteiger partial charge in [0, 0.05) is 17.7 Å². The number of carbonyl (C=O) groups excluding carboxylic acids is 1. The fraction of sp³-hybridized carbons (Fsp3) is 0.286. The van der Waals surface area contributed by atoms with Gasteiger partial charge in [-0.05, 0) is 31.5 Å². The number of hydrogen-bond acceptors (Lipinski definition) is 10. The maximum absolute atomic E-state index is 15.2. The molecule has 2 atom stereocenters. The molecular weight excluding hydrogens is 573 g/mol. The number of ether oxygens (including phenoxy) is 3. The fourth-order valence-electron chi connectivity index (χ4n) is 4.72. The minimum absolute atomic E-state index is 0.233. The van der Waals surface area contributed by atoms with Crippen LogP contribution in [0.3, 0.4) is 0 Å². The number of fused-ring (bicyclic) bond motifs is 2. The summed E-state index contributed by atoms with van der Waals surface area (Å²) in [4.78, 5) is 33.8. The van der Waals surface area contributed by atoms with Crippen molar-refractivity contribution in [3.63, 3.8) is 0 Å². The van der Waals surface area contributed by atoms with Crippen LogP contribution in [0.2, 0.25) is 0 Å². The molecule has 3 heterocycles. The number of aryl methyl sites for hydroxylation is 2. The minimum atomic E-state index is -3.17. The Morgan fingerprint density at radius 2 is 1.76 bits per heavy atom. The molecule has 216 valence electrons. The number of nitrogens with one attached hydrogen (secondary N) is 1. The molecule has 6 rings (SSSR count). The van der Waals surface area contributed by atoms with Crippen LogP contribution in [0.4, 0.5) is 23.7 Å². The zero-order valence-electron chi connectivity index (χ0n) is 22.5. The fourth-order valence-corrected chi connectivity index (χ4v) is 5.71. The maximum Gasteiger partial charge on any atom is 0.412 e. The van der Waals surface area contributed by atoms with Crippen LogP contribution in [0.25, 0.3) is 31.8 Å². The lowest BCUT2D eigenvalue weighted by Crippen LogP contribution is -2.32. The quantitative estimate of drug-likeness (QED) is 0.242. The van der Waals surface area contributed by atoms with E-state index in [-0.39, 0.29) is 11.4 Å². The number of nitrogens with zero attached hydrogens (tertiary/aromatic N) is 5. The van der Waals surface area contributed by atoms with E-state index >= 15 is 4.39 Å². The van der Waals surface area contributed by atoms with Crippen molar-refractivity contribution in [3.05, 3.63) is 60.1 Å². The Bertz CT molecular complexity index is 1820. The Balaban J connectivity index is 1.26. The Kier molecular flexibility index (Phi) is 7.01. The van der Waals surface area contributed by atoms with Gasteiger partial charge in [0.05, 0.1) is 65.5 Å². The third-order valence-corrected chi connectivity index (χ3v) is 7.68. The van der Waals surface area contributed by atoms with E-state index in [1.807, 2.05) is 19.1 Å². The van der Waals surface area contributed by atoms with Crippen molar-refractivity contribution in [2.75, 3.05) is 12.4 Å². The summed E-state index contributed by atoms with van der Waals surface area (Å²) in [7, 11) is 1.50. The first kappa shape index (κ1) is 27.6. The molecule has 0 saturated heterocycles. The molecule has 2 aromatic carbocycles. The van der Waals surface area contributed by atoms with Crippen LogP contribution in [0.5, 0.6) is 11.6 Å². The summed E-state index contributed by atoms with van der Waals surface area (Å²) in [5.41, 5.74) is 3.43. The lowest BCUT2D eigenvalue weighted by Gasteiger charge is -2.21. The third-order valence-electron chi connectivity index (χ3n) is 6.63. The van der Waals surface area contributed by atoms with Crippen molar-refractivity contribution in [1.82, 2.24) is 24.9 Å². The summed E-state index contributed by atoms with van der Waals surface area (Å²) in [6.45, 7) is 3.58. The molecule has 14 heteroatoms. The van der Waals surface area contributed by atoms with Gasteiger partial charge in [-0.25, -0.2) is 42.9 Å². The van der Waals surface area contributed by atoms with Gasteiger partial charge >= 0.3 is 6.09 Å². The van der Waals surface area contributed by atoms with Gasteiger partial charge < -0.3 is 14.2 Å². The molecule has 42 heavy (non-hydrogen) atoms. The topological polar surface area (TPSA) is 121 Å². The van der Waals surface area contributed by atoms with E-state index in [0.29, 0.717) is 43.5 Å². The zero-order chi connectivity index (χ0) is 29.6. The van der Waals surface area contributed by atoms with E-state index in [1.54, 1.807) is 6.92 Å². The van der Waals surface area contributed by atoms with E-state index in [4.69, 9.17) is 14.2 Å². The Hall–Kier alpha value is -4.59. The van der Waals surface area contributed by atoms with Crippen LogP contribution < -0.4 is 14.8 Å². The maximum atomic E-state index is 15.2. The number of benzene rings is 2. The average molecular weight is 597 g/mol. The number of thiazole rings is 1. The van der Waals surface area contributed by atoms with Gasteiger partial charge in [0.25, 0.3) is 5.92 Å². The minimum Gasteiger partial charge on any atom is -0.483 e. The van der Waals surface area contributed by atoms with E-state index in [2.05, 4.69) is 30.2 Å². The van der Waals surface area contributed by atoms with Crippen molar-refractivity contribution >= 4 is 44.4 Å². The van der Waals surface area contributed by atoms with Crippen LogP contribution in [0, 0.1) is 19.7 Å². The number of methoxy groups -OCH3 is 1. The van der Waals surface area contributed by atoms with E-state index in [0.717, 1.165) is 5.56 Å². The van der Waals surface area contributed by atoms with Crippen LogP contribution >= 0.6 is 11.3 Å². The molecule has 0 unspecified atom stereocenters. The van der Waals surface area contributed by atoms with Crippen molar-refractivity contribution in [2.24, 2.45) is 0 Å². The first-order valence-corrected chi connectivity index (χ1v) is 13.6. The summed E-state index contributed by atoms with van der Waals surface area (Å²) in [6.07, 6.45) is -0.885. The highest BCUT2D eigenvalue weighted by atomic mass is 32.1. The largest absolute Gasteiger partial charge is 0.483 e. The molecular formula is C28H23F3N6O4S. The molecule has 0 bridgehead atoms. The van der Waals surface area contributed by atoms with Gasteiger partial charge in [0.2, 0.25) is 5.88 Å². The number of anilines is 1. The molecule has 1 N–H and O–H groups in total. The number of amides is 1. The van der Waals surface area contributed by atoms with Gasteiger partial charge in [-0.1, -0.05) is 0 Å². The normalized spacial score (nSPS) is 17.9. The first-order chi connectivity index (χ1) is 20.1. The second kappa shape index (κ2) is 10.7. The van der Waals surface area contributed by atoms with Crippen molar-refractivity contribution in [1.29, 1.82) is 0 Å². The van der Waals surface area contributed by atoms with Crippen LogP contribution in [-0.2, 0) is 4.74 Å². The van der Waals surface area contributed by atoms with Gasteiger partial charge in [0.15, 0.2) is 11.6 Å². The molecule has 10 nitrogen and oxygen atoms in total. The van der Waals surface area contributed by atoms with Crippen molar-refractivity contribution in [3.8, 4) is 22.2 Å². The third kappa shape index (κ3) is 5.62. The smallest absolute Gasteiger partial charge is 0.412 e. The number of hydrogen-bond donors (Lipinski definition) is 1. The molecule has 0 radical (unpaired) electrons. The predicted molar refractivity (Wildman–Crippen MR) is 149 cm³/mol. The number of aromatic nitrogens is 5. The molecule has 0 spiro atoms. The summed E-state index contributed by atoms with van der Waals surface area (Å²) in [5.74, 6) is -3.34. The highest BCUT2D eigenvalue weighted by Crippen LogP contribution is 2.41. The molecule has 1 fully saturated rings. The van der Waals surface area contributed by atoms with Gasteiger partial charge in [-0.3, -0.25) is 5.32 Å². The number of carbonyl (C=O) groups is 1. The molecule has 1 aliphatic carbocycles. The van der Waals surface area contributed by atoms with Crippen molar-refractivity contribution in [2.45, 2.75) is 44.8 Å². The summed E-state index contributed by atoms with van der Waals surface area (Å²) >= 11 is 1.27. The molecule has 0 aliphatic heterocycles. The second-order valence-corrected chi connectivity index (χ2v) is 10.9. The molecule has 1 aliphatic rings. The summed E-state index contributed by atoms with van der Waals surface area (Å²) in [6, 6.07) is 6.38. The molecule has 1 saturated carbocycles. The number of rotatable bonds is 6. The zero-order valence-corrected chi connectivity index (χ0v) is 23.3. The SMILES string of the molecule is COc1cnc2c(-c3nc4cc(F)c(O[C@H]5CC(F)(F)C[C@H]5OC(=O)Nc5cnc(C)nc5)cc4s3)cc(C)cc2n1. The van der Waals surface area contributed by atoms with Crippen LogP contribution in [0.1, 0.15) is 24.2 Å². The van der Waals surface area contributed by atoms with Crippen LogP contribution in [-0.4, -0.2) is 56.3 Å². The monoisotopic (exact) mass is 596 g/mol. The lowest BCUT2D eigenvalue weighted by molar-refractivity contribution is -0.00574. The first-order valence-electron chi connectivity index (χ1n) is 12.8. The highest BCUT2D eigenvalue weighted by Gasteiger charge is 2.50. The number of alkyl halides is 2. The summed E-state index contributed by atoms with van der Waals surface area (Å²) in [5, 5.41) is 2.97. The Morgan fingerprint density at radius 3 is 2.52 bits per heavy atom. The van der Waals surface area contributed by atoms with E-state index in [1.165, 1.54) is 49.2 Å². The second-order valence-electron chi connectivity index (χ2n) is 9.87. The van der Waals surface area contributed by atoms with E-state index < -0.39 is 42.9 Å². The van der Waals surface area contributed by atoms with Gasteiger partial charge in [-0.2, -0.15) is 0 Å². The van der Waals surface area contributed by atoms with Gasteiger partial charge in [0.1, 0.15) is 23.0 Å². The predicted octanol–water partition coefficient (Wildman–Crippen LogP) is 6.25. The highest BCUT2D eigenvalue weighted by molar-refractivity contribution is 7.21. The lowest BCUT2D eigenvalue weighted by atomic mass is 10.1. The molecule has 1 amide bonds. The average Bonchev–Trinajstić information content (AvgIpc) is 3.47. The molecule has 3 aromatic heterocycles. The summed E-state index contributed by atoms with van der Waals surface area (Å²) < 4.78 is 60.7. The Morgan fingerprint density at radius 1 is 1.00 bits per heavy atom. The Labute approximate surface area is 240 Å². The molecule has 5 aromatic rings. The standard InChI is InChI=1S/C28H23F3N6O4S/c1-13-4-16(25-19(5-13)36-24(39-3)12-34-25)26-37-18-6-17(29)20(7-23(18)42-26)40-21-8-28(30,31)9-22(21)41-27(38)35-15-10-32-14(2)33-11-15/h4-7,10-12,21-22H,8-9H2,1-3H3,(H,35,38)/t21-,22+/m0/s1. The van der Waals surface area contributed by atoms with Crippen molar-refractivity contribution < 1.29 is 32.2 Å². The number of halogens is 3. The van der Waals surface area contributed by atoms with Crippen LogP contribution in [0.15, 0.2) is 42.9 Å². The van der Waals surface area contributed by atoms with E-state index in [9.17, 15) is 13.6 Å². The van der Waals surface area contributed by atoms with Gasteiger partial charge in [-0.15, -0.1) is 11.3 Å².